The Balaban J connectivity index is 1.94. The SMILES string of the molecule is COc1ccc(OC(F)F)c(NC(=O)NCCc2cccc(F)c2)c1. The molecule has 0 aliphatic rings. The second-order valence-corrected chi connectivity index (χ2v) is 5.00. The summed E-state index contributed by atoms with van der Waals surface area (Å²) in [7, 11) is 1.41. The Bertz CT molecular complexity index is 726. The number of ether oxygens (including phenoxy) is 2. The largest absolute Gasteiger partial charge is 0.497 e. The van der Waals surface area contributed by atoms with Crippen LogP contribution in [0.2, 0.25) is 0 Å². The molecule has 2 amide bonds. The Morgan fingerprint density at radius 1 is 1.20 bits per heavy atom. The van der Waals surface area contributed by atoms with Crippen molar-refractivity contribution < 1.29 is 27.4 Å². The van der Waals surface area contributed by atoms with Crippen LogP contribution in [0.1, 0.15) is 5.56 Å². The van der Waals surface area contributed by atoms with E-state index < -0.39 is 12.6 Å². The molecule has 0 radical (unpaired) electrons. The van der Waals surface area contributed by atoms with Crippen molar-refractivity contribution >= 4 is 11.7 Å². The van der Waals surface area contributed by atoms with E-state index in [1.54, 1.807) is 12.1 Å². The van der Waals surface area contributed by atoms with Gasteiger partial charge in [-0.25, -0.2) is 9.18 Å². The van der Waals surface area contributed by atoms with Crippen LogP contribution in [0.4, 0.5) is 23.7 Å². The highest BCUT2D eigenvalue weighted by Gasteiger charge is 2.13. The lowest BCUT2D eigenvalue weighted by Crippen LogP contribution is -2.30. The van der Waals surface area contributed by atoms with E-state index in [4.69, 9.17) is 4.74 Å². The van der Waals surface area contributed by atoms with Crippen molar-refractivity contribution in [2.45, 2.75) is 13.0 Å². The Kier molecular flexibility index (Phi) is 6.50. The topological polar surface area (TPSA) is 59.6 Å². The summed E-state index contributed by atoms with van der Waals surface area (Å²) in [6.07, 6.45) is 0.420. The van der Waals surface area contributed by atoms with Gasteiger partial charge < -0.3 is 20.1 Å². The van der Waals surface area contributed by atoms with Crippen molar-refractivity contribution in [2.75, 3.05) is 19.0 Å². The molecule has 0 bridgehead atoms. The quantitative estimate of drug-likeness (QED) is 0.795. The van der Waals surface area contributed by atoms with Gasteiger partial charge in [0.05, 0.1) is 12.8 Å². The van der Waals surface area contributed by atoms with Crippen LogP contribution < -0.4 is 20.1 Å². The Morgan fingerprint density at radius 3 is 2.68 bits per heavy atom. The first-order valence-electron chi connectivity index (χ1n) is 7.40. The number of anilines is 1. The molecule has 0 spiro atoms. The van der Waals surface area contributed by atoms with Gasteiger partial charge in [0, 0.05) is 12.6 Å². The normalized spacial score (nSPS) is 10.4. The molecule has 25 heavy (non-hydrogen) atoms. The van der Waals surface area contributed by atoms with Gasteiger partial charge in [0.2, 0.25) is 0 Å². The predicted molar refractivity (Wildman–Crippen MR) is 86.8 cm³/mol. The molecule has 0 saturated carbocycles. The van der Waals surface area contributed by atoms with Gasteiger partial charge in [0.15, 0.2) is 0 Å². The van der Waals surface area contributed by atoms with E-state index >= 15 is 0 Å². The number of carbonyl (C=O) groups is 1. The van der Waals surface area contributed by atoms with Crippen LogP contribution in [0.25, 0.3) is 0 Å². The zero-order valence-electron chi connectivity index (χ0n) is 13.4. The van der Waals surface area contributed by atoms with Gasteiger partial charge in [-0.2, -0.15) is 8.78 Å². The number of hydrogen-bond donors (Lipinski definition) is 2. The third-order valence-corrected chi connectivity index (χ3v) is 3.24. The molecule has 2 rings (SSSR count). The molecule has 0 unspecified atom stereocenters. The number of halogens is 3. The van der Waals surface area contributed by atoms with Crippen LogP contribution in [0.15, 0.2) is 42.5 Å². The lowest BCUT2D eigenvalue weighted by atomic mass is 10.1. The maximum atomic E-state index is 13.1. The zero-order valence-corrected chi connectivity index (χ0v) is 13.4. The summed E-state index contributed by atoms with van der Waals surface area (Å²) < 4.78 is 47.3. The molecule has 0 aliphatic carbocycles. The number of carbonyl (C=O) groups excluding carboxylic acids is 1. The van der Waals surface area contributed by atoms with E-state index in [1.807, 2.05) is 0 Å². The molecular formula is C17H17F3N2O3. The predicted octanol–water partition coefficient (Wildman–Crippen LogP) is 3.80. The summed E-state index contributed by atoms with van der Waals surface area (Å²) >= 11 is 0. The van der Waals surface area contributed by atoms with E-state index in [2.05, 4.69) is 15.4 Å². The van der Waals surface area contributed by atoms with Crippen molar-refractivity contribution in [3.8, 4) is 11.5 Å². The van der Waals surface area contributed by atoms with Crippen LogP contribution >= 0.6 is 0 Å². The second-order valence-electron chi connectivity index (χ2n) is 5.00. The molecule has 0 saturated heterocycles. The molecule has 0 fully saturated rings. The maximum Gasteiger partial charge on any atom is 0.387 e. The van der Waals surface area contributed by atoms with E-state index in [0.717, 1.165) is 5.56 Å². The smallest absolute Gasteiger partial charge is 0.387 e. The summed E-state index contributed by atoms with van der Waals surface area (Å²) in [5.41, 5.74) is 0.770. The van der Waals surface area contributed by atoms with Gasteiger partial charge in [-0.3, -0.25) is 0 Å². The summed E-state index contributed by atoms with van der Waals surface area (Å²) in [5.74, 6) is -0.167. The molecule has 5 nitrogen and oxygen atoms in total. The number of alkyl halides is 2. The fourth-order valence-corrected chi connectivity index (χ4v) is 2.11. The third kappa shape index (κ3) is 5.91. The summed E-state index contributed by atoms with van der Waals surface area (Å²) in [6.45, 7) is -2.78. The number of rotatable bonds is 7. The van der Waals surface area contributed by atoms with Crippen LogP contribution in [0, 0.1) is 5.82 Å². The lowest BCUT2D eigenvalue weighted by Gasteiger charge is -2.14. The fraction of sp³-hybridized carbons (Fsp3) is 0.235. The summed E-state index contributed by atoms with van der Waals surface area (Å²) in [6, 6.07) is 9.48. The van der Waals surface area contributed by atoms with Crippen molar-refractivity contribution in [1.82, 2.24) is 5.32 Å². The van der Waals surface area contributed by atoms with E-state index in [0.29, 0.717) is 12.2 Å². The van der Waals surface area contributed by atoms with Gasteiger partial charge in [-0.05, 0) is 36.2 Å². The highest BCUT2D eigenvalue weighted by molar-refractivity contribution is 5.91. The molecule has 0 aromatic heterocycles. The molecule has 0 aliphatic heterocycles. The minimum absolute atomic E-state index is 0.0444. The van der Waals surface area contributed by atoms with Gasteiger partial charge in [0.1, 0.15) is 17.3 Å². The lowest BCUT2D eigenvalue weighted by molar-refractivity contribution is -0.0493. The molecule has 0 heterocycles. The maximum absolute atomic E-state index is 13.1. The molecule has 134 valence electrons. The van der Waals surface area contributed by atoms with Gasteiger partial charge >= 0.3 is 12.6 Å². The highest BCUT2D eigenvalue weighted by Crippen LogP contribution is 2.30. The van der Waals surface area contributed by atoms with Crippen molar-refractivity contribution in [3.63, 3.8) is 0 Å². The fourth-order valence-electron chi connectivity index (χ4n) is 2.11. The van der Waals surface area contributed by atoms with Crippen molar-refractivity contribution in [2.24, 2.45) is 0 Å². The molecule has 2 aromatic carbocycles. The Labute approximate surface area is 142 Å². The number of amides is 2. The molecule has 2 aromatic rings. The number of hydrogen-bond acceptors (Lipinski definition) is 3. The number of benzene rings is 2. The van der Waals surface area contributed by atoms with Crippen LogP contribution in [0.3, 0.4) is 0 Å². The van der Waals surface area contributed by atoms with E-state index in [1.165, 1.54) is 37.4 Å². The number of methoxy groups -OCH3 is 1. The minimum Gasteiger partial charge on any atom is -0.497 e. The average molecular weight is 354 g/mol. The summed E-state index contributed by atoms with van der Waals surface area (Å²) in [5, 5.41) is 4.99. The first kappa shape index (κ1) is 18.4. The Hall–Kier alpha value is -2.90. The zero-order chi connectivity index (χ0) is 18.2. The number of urea groups is 1. The van der Waals surface area contributed by atoms with Gasteiger partial charge in [0.25, 0.3) is 0 Å². The molecule has 2 N–H and O–H groups in total. The molecule has 0 atom stereocenters. The van der Waals surface area contributed by atoms with E-state index in [-0.39, 0.29) is 23.8 Å². The minimum atomic E-state index is -3.02. The highest BCUT2D eigenvalue weighted by atomic mass is 19.3. The van der Waals surface area contributed by atoms with Gasteiger partial charge in [-0.15, -0.1) is 0 Å². The Morgan fingerprint density at radius 2 is 2.00 bits per heavy atom. The standard InChI is InChI=1S/C17H17F3N2O3/c1-24-13-5-6-15(25-16(19)20)14(10-13)22-17(23)21-8-7-11-3-2-4-12(18)9-11/h2-6,9-10,16H,7-8H2,1H3,(H2,21,22,23). The van der Waals surface area contributed by atoms with Crippen molar-refractivity contribution in [3.05, 3.63) is 53.8 Å². The van der Waals surface area contributed by atoms with Gasteiger partial charge in [-0.1, -0.05) is 12.1 Å². The monoisotopic (exact) mass is 354 g/mol. The van der Waals surface area contributed by atoms with Crippen molar-refractivity contribution in [1.29, 1.82) is 0 Å². The summed E-state index contributed by atoms with van der Waals surface area (Å²) in [4.78, 5) is 11.9. The molecular weight excluding hydrogens is 337 g/mol. The number of nitrogens with one attached hydrogen (secondary N) is 2. The van der Waals surface area contributed by atoms with Crippen LogP contribution in [-0.4, -0.2) is 26.3 Å². The third-order valence-electron chi connectivity index (χ3n) is 3.24. The average Bonchev–Trinajstić information content (AvgIpc) is 2.56. The second kappa shape index (κ2) is 8.81. The molecule has 8 heteroatoms. The first-order valence-corrected chi connectivity index (χ1v) is 7.40. The van der Waals surface area contributed by atoms with Crippen LogP contribution in [0.5, 0.6) is 11.5 Å². The van der Waals surface area contributed by atoms with E-state index in [9.17, 15) is 18.0 Å². The van der Waals surface area contributed by atoms with Crippen LogP contribution in [-0.2, 0) is 6.42 Å². The first-order chi connectivity index (χ1) is 12.0.